The van der Waals surface area contributed by atoms with E-state index in [2.05, 4.69) is 51.4 Å². The van der Waals surface area contributed by atoms with Crippen molar-refractivity contribution in [2.24, 2.45) is 21.1 Å². The summed E-state index contributed by atoms with van der Waals surface area (Å²) in [7, 11) is 5.66. The van der Waals surface area contributed by atoms with Crippen molar-refractivity contribution < 1.29 is 0 Å². The molecule has 252 valence electrons. The third-order valence-electron chi connectivity index (χ3n) is 8.19. The van der Waals surface area contributed by atoms with Crippen LogP contribution in [-0.2, 0) is 21.1 Å². The second-order valence-corrected chi connectivity index (χ2v) is 14.5. The minimum Gasteiger partial charge on any atom is -0.277 e. The lowest BCUT2D eigenvalue weighted by Crippen LogP contribution is -1.90. The summed E-state index contributed by atoms with van der Waals surface area (Å²) in [6, 6.07) is 15.9. The van der Waals surface area contributed by atoms with Gasteiger partial charge in [-0.05, 0) is 60.3 Å². The van der Waals surface area contributed by atoms with E-state index in [0.717, 1.165) is 75.4 Å². The van der Waals surface area contributed by atoms with Crippen LogP contribution in [0.2, 0.25) is 10.0 Å². The molecule has 15 heteroatoms. The third-order valence-corrected chi connectivity index (χ3v) is 10.4. The lowest BCUT2D eigenvalue weighted by molar-refractivity contribution is 0.768. The highest BCUT2D eigenvalue weighted by atomic mass is 79.9. The number of aromatic nitrogens is 11. The molecule has 11 nitrogen and oxygen atoms in total. The minimum atomic E-state index is 0.653. The van der Waals surface area contributed by atoms with Crippen molar-refractivity contribution in [3.05, 3.63) is 119 Å². The first-order valence-corrected chi connectivity index (χ1v) is 17.9. The summed E-state index contributed by atoms with van der Waals surface area (Å²) in [5.74, 6) is 0. The minimum absolute atomic E-state index is 0.653. The average Bonchev–Trinajstić information content (AvgIpc) is 3.95. The van der Waals surface area contributed by atoms with Crippen molar-refractivity contribution >= 4 is 78.3 Å². The molecule has 7 aromatic heterocycles. The van der Waals surface area contributed by atoms with Crippen LogP contribution in [0.1, 0.15) is 0 Å². The Morgan fingerprint density at radius 2 is 1.16 bits per heavy atom. The van der Waals surface area contributed by atoms with Gasteiger partial charge in [-0.2, -0.15) is 15.3 Å². The number of rotatable bonds is 5. The monoisotopic (exact) mass is 793 g/mol. The van der Waals surface area contributed by atoms with E-state index in [0.29, 0.717) is 10.0 Å². The van der Waals surface area contributed by atoms with Crippen molar-refractivity contribution in [3.8, 4) is 33.4 Å². The molecule has 0 fully saturated rings. The number of pyridine rings is 3. The third kappa shape index (κ3) is 6.61. The molecule has 0 unspecified atom stereocenters. The summed E-state index contributed by atoms with van der Waals surface area (Å²) < 4.78 is 8.26. The van der Waals surface area contributed by atoms with E-state index in [4.69, 9.17) is 23.2 Å². The van der Waals surface area contributed by atoms with Crippen molar-refractivity contribution in [3.63, 3.8) is 0 Å². The number of nitrogens with zero attached hydrogens (tertiary/aromatic N) is 11. The quantitative estimate of drug-likeness (QED) is 0.170. The Balaban J connectivity index is 0.000000175. The topological polar surface area (TPSA) is 109 Å². The largest absolute Gasteiger partial charge is 0.277 e. The normalized spacial score (nSPS) is 11.4. The Bertz CT molecular complexity index is 2730. The molecule has 0 atom stereocenters. The number of hydrogen-bond acceptors (Lipinski definition) is 8. The van der Waals surface area contributed by atoms with Crippen LogP contribution >= 0.6 is 50.9 Å². The van der Waals surface area contributed by atoms with Gasteiger partial charge in [0.15, 0.2) is 10.8 Å². The van der Waals surface area contributed by atoms with Gasteiger partial charge in [0, 0.05) is 112 Å². The molecule has 0 amide bonds. The van der Waals surface area contributed by atoms with E-state index in [1.54, 1.807) is 38.8 Å². The maximum atomic E-state index is 6.80. The Morgan fingerprint density at radius 3 is 1.75 bits per heavy atom. The summed E-state index contributed by atoms with van der Waals surface area (Å²) in [6.45, 7) is 0. The molecule has 0 saturated heterocycles. The second-order valence-electron chi connectivity index (χ2n) is 11.8. The van der Waals surface area contributed by atoms with E-state index in [1.165, 1.54) is 11.8 Å². The smallest absolute Gasteiger partial charge is 0.200 e. The van der Waals surface area contributed by atoms with Crippen molar-refractivity contribution in [2.75, 3.05) is 0 Å². The van der Waals surface area contributed by atoms with E-state index < -0.39 is 0 Å². The fraction of sp³-hybridized carbons (Fsp3) is 0.0833. The van der Waals surface area contributed by atoms with Gasteiger partial charge in [0.1, 0.15) is 0 Å². The van der Waals surface area contributed by atoms with Crippen molar-refractivity contribution in [2.45, 2.75) is 10.1 Å². The molecule has 0 N–H and O–H groups in total. The molecule has 0 saturated carbocycles. The van der Waals surface area contributed by atoms with Crippen LogP contribution in [0, 0.1) is 0 Å². The maximum absolute atomic E-state index is 6.80. The van der Waals surface area contributed by atoms with Crippen LogP contribution < -0.4 is 0 Å². The van der Waals surface area contributed by atoms with Crippen LogP contribution in [0.3, 0.4) is 0 Å². The zero-order valence-corrected chi connectivity index (χ0v) is 31.2. The molecular weight excluding hydrogens is 769 g/mol. The van der Waals surface area contributed by atoms with E-state index in [1.807, 2.05) is 105 Å². The summed E-state index contributed by atoms with van der Waals surface area (Å²) in [6.07, 6.45) is 16.9. The molecule has 0 spiro atoms. The summed E-state index contributed by atoms with van der Waals surface area (Å²) in [5.41, 5.74) is 8.24. The van der Waals surface area contributed by atoms with Gasteiger partial charge in [-0.1, -0.05) is 39.1 Å². The molecule has 9 aromatic rings. The van der Waals surface area contributed by atoms with Gasteiger partial charge >= 0.3 is 0 Å². The van der Waals surface area contributed by atoms with Crippen LogP contribution in [0.5, 0.6) is 0 Å². The predicted molar refractivity (Wildman–Crippen MR) is 205 cm³/mol. The number of hydrogen-bond donors (Lipinski definition) is 0. The first-order valence-electron chi connectivity index (χ1n) is 15.5. The van der Waals surface area contributed by atoms with Gasteiger partial charge in [-0.15, -0.1) is 10.2 Å². The zero-order valence-electron chi connectivity index (χ0n) is 27.3. The number of benzene rings is 2. The average molecular weight is 796 g/mol. The van der Waals surface area contributed by atoms with Crippen LogP contribution in [0.4, 0.5) is 0 Å². The fourth-order valence-corrected chi connectivity index (χ4v) is 7.47. The van der Waals surface area contributed by atoms with Gasteiger partial charge in [0.05, 0.1) is 39.7 Å². The Labute approximate surface area is 314 Å². The second kappa shape index (κ2) is 13.6. The van der Waals surface area contributed by atoms with E-state index in [-0.39, 0.29) is 0 Å². The first-order chi connectivity index (χ1) is 24.7. The summed E-state index contributed by atoms with van der Waals surface area (Å²) >= 11 is 18.2. The lowest BCUT2D eigenvalue weighted by Gasteiger charge is -2.08. The van der Waals surface area contributed by atoms with Gasteiger partial charge < -0.3 is 0 Å². The number of aryl methyl sites for hydroxylation is 3. The van der Waals surface area contributed by atoms with Gasteiger partial charge in [0.25, 0.3) is 0 Å². The zero-order chi connectivity index (χ0) is 35.2. The van der Waals surface area contributed by atoms with Gasteiger partial charge in [0.2, 0.25) is 0 Å². The summed E-state index contributed by atoms with van der Waals surface area (Å²) in [5, 5.41) is 25.3. The number of fused-ring (bicyclic) bond motifs is 3. The Kier molecular flexibility index (Phi) is 8.80. The molecule has 2 aromatic carbocycles. The standard InChI is InChI=1S/C23H17ClN8S.C13H9BrClN3/c1-30-11-15(8-26-30)14-3-6-21-28-29-23(32(21)13-14)33-17-4-5-20-18(7-17)22(24)19(10-25-20)16-9-27-31(2)12-16;1-18-7-8(5-17-18)11-6-16-12-3-2-9(14)4-10(12)13(11)15/h3-13H,1-2H3;2-7H,1H3. The summed E-state index contributed by atoms with van der Waals surface area (Å²) in [4.78, 5) is 10.0. The highest BCUT2D eigenvalue weighted by Gasteiger charge is 2.14. The Morgan fingerprint density at radius 1 is 0.588 bits per heavy atom. The van der Waals surface area contributed by atoms with Gasteiger partial charge in [-0.3, -0.25) is 28.4 Å². The predicted octanol–water partition coefficient (Wildman–Crippen LogP) is 8.93. The molecule has 0 aliphatic rings. The fourth-order valence-electron chi connectivity index (χ4n) is 5.64. The van der Waals surface area contributed by atoms with Crippen LogP contribution in [0.25, 0.3) is 60.8 Å². The Hall–Kier alpha value is -5.08. The molecule has 0 radical (unpaired) electrons. The molecule has 7 heterocycles. The van der Waals surface area contributed by atoms with Crippen LogP contribution in [0.15, 0.2) is 119 Å². The SMILES string of the molecule is Cn1cc(-c2ccc3nnc(Sc4ccc5ncc(-c6cnn(C)c6)c(Cl)c5c4)n3c2)cn1.Cn1cc(-c2cnc3ccc(Br)cc3c2Cl)cn1. The van der Waals surface area contributed by atoms with E-state index in [9.17, 15) is 0 Å². The lowest BCUT2D eigenvalue weighted by atomic mass is 10.1. The molecule has 51 heavy (non-hydrogen) atoms. The molecular formula is C36H26BrCl2N11S. The van der Waals surface area contributed by atoms with Crippen LogP contribution in [-0.4, -0.2) is 53.9 Å². The van der Waals surface area contributed by atoms with Crippen molar-refractivity contribution in [1.29, 1.82) is 0 Å². The molecule has 0 aliphatic carbocycles. The molecule has 9 rings (SSSR count). The number of halogens is 3. The first kappa shape index (κ1) is 33.1. The van der Waals surface area contributed by atoms with E-state index >= 15 is 0 Å². The highest BCUT2D eigenvalue weighted by molar-refractivity contribution is 9.10. The maximum Gasteiger partial charge on any atom is 0.200 e. The molecule has 0 aliphatic heterocycles. The van der Waals surface area contributed by atoms with Crippen molar-refractivity contribution in [1.82, 2.24) is 53.9 Å². The van der Waals surface area contributed by atoms with Gasteiger partial charge in [-0.25, -0.2) is 0 Å². The highest BCUT2D eigenvalue weighted by Crippen LogP contribution is 2.37. The molecule has 0 bridgehead atoms.